The van der Waals surface area contributed by atoms with Crippen LogP contribution in [0, 0.1) is 59.2 Å². The van der Waals surface area contributed by atoms with Crippen LogP contribution >= 0.6 is 0 Å². The van der Waals surface area contributed by atoms with E-state index in [2.05, 4.69) is 11.1 Å². The van der Waals surface area contributed by atoms with Gasteiger partial charge in [0.15, 0.2) is 0 Å². The molecule has 7 fully saturated rings. The first kappa shape index (κ1) is 21.1. The van der Waals surface area contributed by atoms with Gasteiger partial charge in [-0.1, -0.05) is 88.2 Å². The summed E-state index contributed by atoms with van der Waals surface area (Å²) < 4.78 is 0. The van der Waals surface area contributed by atoms with Crippen molar-refractivity contribution in [1.82, 2.24) is 0 Å². The minimum absolute atomic E-state index is 1.02. The number of fused-ring (bicyclic) bond motifs is 5. The van der Waals surface area contributed by atoms with Gasteiger partial charge in [-0.25, -0.2) is 0 Å². The van der Waals surface area contributed by atoms with Crippen molar-refractivity contribution >= 4 is 0 Å². The van der Waals surface area contributed by atoms with Gasteiger partial charge in [0.1, 0.15) is 0 Å². The summed E-state index contributed by atoms with van der Waals surface area (Å²) >= 11 is 0. The number of hydrogen-bond donors (Lipinski definition) is 0. The molecule has 0 bridgehead atoms. The van der Waals surface area contributed by atoms with Crippen LogP contribution in [0.5, 0.6) is 0 Å². The van der Waals surface area contributed by atoms with Crippen LogP contribution in [0.25, 0.3) is 0 Å². The molecule has 178 valence electrons. The third-order valence-electron chi connectivity index (χ3n) is 12.7. The number of rotatable bonds is 2. The smallest absolute Gasteiger partial charge is 0.0166 e. The van der Waals surface area contributed by atoms with Gasteiger partial charge in [0.05, 0.1) is 0 Å². The molecule has 7 aliphatic rings. The summed E-state index contributed by atoms with van der Waals surface area (Å²) in [7, 11) is 0. The molecule has 0 radical (unpaired) electrons. The Morgan fingerprint density at radius 1 is 0.406 bits per heavy atom. The molecule has 7 aliphatic carbocycles. The summed E-state index contributed by atoms with van der Waals surface area (Å²) in [5.41, 5.74) is 4.41. The highest BCUT2D eigenvalue weighted by Crippen LogP contribution is 2.62. The molecule has 0 heterocycles. The molecule has 0 aliphatic heterocycles. The van der Waals surface area contributed by atoms with E-state index in [4.69, 9.17) is 0 Å². The van der Waals surface area contributed by atoms with Crippen molar-refractivity contribution < 1.29 is 0 Å². The molecule has 8 unspecified atom stereocenters. The molecule has 32 heavy (non-hydrogen) atoms. The van der Waals surface area contributed by atoms with E-state index in [1.54, 1.807) is 128 Å². The molecule has 7 rings (SSSR count). The van der Waals surface area contributed by atoms with Gasteiger partial charge in [-0.05, 0) is 111 Å². The highest BCUT2D eigenvalue weighted by molar-refractivity contribution is 5.33. The zero-order chi connectivity index (χ0) is 21.1. The van der Waals surface area contributed by atoms with Crippen molar-refractivity contribution in [2.24, 2.45) is 59.2 Å². The van der Waals surface area contributed by atoms with Gasteiger partial charge < -0.3 is 0 Å². The Morgan fingerprint density at radius 2 is 0.750 bits per heavy atom. The Labute approximate surface area is 198 Å². The average molecular weight is 435 g/mol. The van der Waals surface area contributed by atoms with E-state index in [0.717, 1.165) is 59.2 Å². The quantitative estimate of drug-likeness (QED) is 0.380. The Balaban J connectivity index is 1.29. The van der Waals surface area contributed by atoms with E-state index in [-0.39, 0.29) is 0 Å². The van der Waals surface area contributed by atoms with E-state index in [1.807, 2.05) is 0 Å². The molecule has 0 amide bonds. The first-order valence-electron chi connectivity index (χ1n) is 15.6. The summed E-state index contributed by atoms with van der Waals surface area (Å²) in [6, 6.07) is 0. The molecule has 0 aromatic rings. The lowest BCUT2D eigenvalue weighted by Crippen LogP contribution is -2.22. The van der Waals surface area contributed by atoms with Crippen LogP contribution in [0.2, 0.25) is 0 Å². The van der Waals surface area contributed by atoms with Crippen molar-refractivity contribution in [2.75, 3.05) is 0 Å². The largest absolute Gasteiger partial charge is 0.0642 e. The van der Waals surface area contributed by atoms with Crippen LogP contribution in [0.3, 0.4) is 0 Å². The van der Waals surface area contributed by atoms with Crippen LogP contribution < -0.4 is 0 Å². The topological polar surface area (TPSA) is 0 Å². The molecular weight excluding hydrogens is 384 g/mol. The molecule has 0 heteroatoms. The summed E-state index contributed by atoms with van der Waals surface area (Å²) in [4.78, 5) is 0. The van der Waals surface area contributed by atoms with Crippen LogP contribution in [-0.4, -0.2) is 0 Å². The first-order chi connectivity index (χ1) is 15.9. The maximum atomic E-state index is 2.21. The predicted octanol–water partition coefficient (Wildman–Crippen LogP) is 9.34. The van der Waals surface area contributed by atoms with Gasteiger partial charge in [-0.3, -0.25) is 0 Å². The first-order valence-corrected chi connectivity index (χ1v) is 15.6. The third-order valence-corrected chi connectivity index (χ3v) is 12.7. The fourth-order valence-electron chi connectivity index (χ4n) is 11.6. The minimum Gasteiger partial charge on any atom is -0.0642 e. The van der Waals surface area contributed by atoms with Crippen molar-refractivity contribution in [1.29, 1.82) is 0 Å². The fraction of sp³-hybridized carbons (Fsp3) is 0.938. The van der Waals surface area contributed by atoms with Gasteiger partial charge in [0.25, 0.3) is 0 Å². The van der Waals surface area contributed by atoms with Crippen LogP contribution in [0.1, 0.15) is 128 Å². The fourth-order valence-corrected chi connectivity index (χ4v) is 11.6. The summed E-state index contributed by atoms with van der Waals surface area (Å²) in [5, 5.41) is 0. The average Bonchev–Trinajstić information content (AvgIpc) is 3.54. The molecule has 0 saturated heterocycles. The normalized spacial score (nSPS) is 50.4. The zero-order valence-corrected chi connectivity index (χ0v) is 20.9. The third kappa shape index (κ3) is 3.50. The van der Waals surface area contributed by atoms with Crippen LogP contribution in [0.4, 0.5) is 0 Å². The Kier molecular flexibility index (Phi) is 5.76. The summed E-state index contributed by atoms with van der Waals surface area (Å²) in [5.74, 6) is 10.8. The lowest BCUT2D eigenvalue weighted by atomic mass is 9.72. The van der Waals surface area contributed by atoms with E-state index in [1.165, 1.54) is 0 Å². The summed E-state index contributed by atoms with van der Waals surface area (Å²) in [6.07, 6.45) is 31.5. The van der Waals surface area contributed by atoms with E-state index in [0.29, 0.717) is 0 Å². The molecule has 0 N–H and O–H groups in total. The van der Waals surface area contributed by atoms with E-state index in [9.17, 15) is 0 Å². The SMILES string of the molecule is C1CCC2CC(C(=C3C4CCCCC4C4CCCCC34)C3CC4CCCCC4C3)CC2C1. The lowest BCUT2D eigenvalue weighted by Gasteiger charge is -2.33. The predicted molar refractivity (Wildman–Crippen MR) is 134 cm³/mol. The lowest BCUT2D eigenvalue weighted by molar-refractivity contribution is 0.184. The van der Waals surface area contributed by atoms with Crippen molar-refractivity contribution in [3.05, 3.63) is 11.1 Å². The second-order valence-electron chi connectivity index (χ2n) is 14.0. The maximum absolute atomic E-state index is 2.21. The Hall–Kier alpha value is -0.260. The van der Waals surface area contributed by atoms with Gasteiger partial charge in [-0.2, -0.15) is 0 Å². The standard InChI is InChI=1S/C32H50/c1-2-10-22-18-25(17-21(22)9-1)31(26-19-23-11-3-4-12-24(23)20-26)32-29-15-7-5-13-27(29)28-14-6-8-16-30(28)32/h21-30H,1-20H2. The van der Waals surface area contributed by atoms with Gasteiger partial charge in [-0.15, -0.1) is 0 Å². The van der Waals surface area contributed by atoms with E-state index < -0.39 is 0 Å². The molecule has 0 aromatic heterocycles. The molecular formula is C32H50. The molecule has 0 nitrogen and oxygen atoms in total. The summed E-state index contributed by atoms with van der Waals surface area (Å²) in [6.45, 7) is 0. The molecule has 0 spiro atoms. The van der Waals surface area contributed by atoms with Crippen molar-refractivity contribution in [2.45, 2.75) is 128 Å². The number of hydrogen-bond acceptors (Lipinski definition) is 0. The maximum Gasteiger partial charge on any atom is -0.0166 e. The highest BCUT2D eigenvalue weighted by atomic mass is 14.6. The molecule has 7 saturated carbocycles. The van der Waals surface area contributed by atoms with Crippen molar-refractivity contribution in [3.63, 3.8) is 0 Å². The Morgan fingerprint density at radius 3 is 1.16 bits per heavy atom. The zero-order valence-electron chi connectivity index (χ0n) is 20.9. The number of allylic oxidation sites excluding steroid dienone is 2. The van der Waals surface area contributed by atoms with Crippen LogP contribution in [-0.2, 0) is 0 Å². The van der Waals surface area contributed by atoms with Crippen LogP contribution in [0.15, 0.2) is 11.1 Å². The second kappa shape index (κ2) is 8.75. The second-order valence-corrected chi connectivity index (χ2v) is 14.0. The van der Waals surface area contributed by atoms with Gasteiger partial charge >= 0.3 is 0 Å². The van der Waals surface area contributed by atoms with E-state index >= 15 is 0 Å². The Bertz CT molecular complexity index is 630. The monoisotopic (exact) mass is 434 g/mol. The minimum atomic E-state index is 1.02. The van der Waals surface area contributed by atoms with Crippen molar-refractivity contribution in [3.8, 4) is 0 Å². The molecule has 0 aromatic carbocycles. The highest BCUT2D eigenvalue weighted by Gasteiger charge is 2.52. The van der Waals surface area contributed by atoms with Gasteiger partial charge in [0.2, 0.25) is 0 Å². The van der Waals surface area contributed by atoms with Gasteiger partial charge in [0, 0.05) is 0 Å². The molecule has 8 atom stereocenters.